The number of hydrogen-bond donors (Lipinski definition) is 1. The zero-order chi connectivity index (χ0) is 21.3. The molecule has 1 atom stereocenters. The zero-order valence-electron chi connectivity index (χ0n) is 17.7. The van der Waals surface area contributed by atoms with Gasteiger partial charge >= 0.3 is 0 Å². The van der Waals surface area contributed by atoms with Crippen LogP contribution in [0.3, 0.4) is 0 Å². The minimum absolute atomic E-state index is 0.109. The molecule has 1 heterocycles. The summed E-state index contributed by atoms with van der Waals surface area (Å²) in [5.74, 6) is -1.31. The van der Waals surface area contributed by atoms with Crippen molar-refractivity contribution in [2.24, 2.45) is 0 Å². The molecule has 1 aliphatic heterocycles. The van der Waals surface area contributed by atoms with E-state index in [-0.39, 0.29) is 11.3 Å². The Bertz CT molecular complexity index is 974. The maximum Gasteiger partial charge on any atom is 0.295 e. The zero-order valence-corrected chi connectivity index (χ0v) is 17.7. The second kappa shape index (κ2) is 8.21. The summed E-state index contributed by atoms with van der Waals surface area (Å²) >= 11 is 0. The molecule has 0 spiro atoms. The molecule has 1 unspecified atom stereocenters. The van der Waals surface area contributed by atoms with Gasteiger partial charge in [0.25, 0.3) is 11.7 Å². The van der Waals surface area contributed by atoms with E-state index in [4.69, 9.17) is 0 Å². The molecule has 5 nitrogen and oxygen atoms in total. The molecule has 0 aromatic heterocycles. The van der Waals surface area contributed by atoms with Crippen molar-refractivity contribution in [3.05, 3.63) is 75.9 Å². The molecule has 0 aliphatic carbocycles. The van der Waals surface area contributed by atoms with Crippen LogP contribution in [-0.2, 0) is 9.59 Å². The summed E-state index contributed by atoms with van der Waals surface area (Å²) in [5, 5.41) is 11.2. The van der Waals surface area contributed by atoms with Gasteiger partial charge in [0.1, 0.15) is 5.76 Å². The Morgan fingerprint density at radius 1 is 1.00 bits per heavy atom. The van der Waals surface area contributed by atoms with Crippen LogP contribution in [-0.4, -0.2) is 53.8 Å². The SMILES string of the molecule is Cc1ccc(C2C(=C(O)c3cc(C)ccc3C)C(=O)C(=O)N2CCN(C)C)cc1. The number of carbonyl (C=O) groups is 2. The van der Waals surface area contributed by atoms with Gasteiger partial charge in [-0.25, -0.2) is 0 Å². The highest BCUT2D eigenvalue weighted by Gasteiger charge is 2.45. The first kappa shape index (κ1) is 20.8. The van der Waals surface area contributed by atoms with Gasteiger partial charge in [-0.05, 0) is 52.1 Å². The number of likely N-dealkylation sites (tertiary alicyclic amines) is 1. The smallest absolute Gasteiger partial charge is 0.295 e. The summed E-state index contributed by atoms with van der Waals surface area (Å²) in [6.45, 7) is 6.84. The molecule has 3 rings (SSSR count). The van der Waals surface area contributed by atoms with E-state index in [1.165, 1.54) is 0 Å². The van der Waals surface area contributed by atoms with Crippen molar-refractivity contribution in [1.29, 1.82) is 0 Å². The molecular formula is C24H28N2O3. The van der Waals surface area contributed by atoms with Crippen molar-refractivity contribution in [2.75, 3.05) is 27.2 Å². The first-order valence-electron chi connectivity index (χ1n) is 9.78. The number of benzene rings is 2. The quantitative estimate of drug-likeness (QED) is 0.480. The maximum atomic E-state index is 13.0. The average molecular weight is 392 g/mol. The fraction of sp³-hybridized carbons (Fsp3) is 0.333. The molecule has 1 amide bonds. The van der Waals surface area contributed by atoms with E-state index in [2.05, 4.69) is 0 Å². The molecule has 1 N–H and O–H groups in total. The molecule has 5 heteroatoms. The molecule has 29 heavy (non-hydrogen) atoms. The Kier molecular flexibility index (Phi) is 5.89. The molecule has 1 fully saturated rings. The number of aryl methyl sites for hydroxylation is 3. The fourth-order valence-corrected chi connectivity index (χ4v) is 3.65. The van der Waals surface area contributed by atoms with Gasteiger partial charge in [0.05, 0.1) is 11.6 Å². The Hall–Kier alpha value is -2.92. The number of hydrogen-bond acceptors (Lipinski definition) is 4. The van der Waals surface area contributed by atoms with Crippen molar-refractivity contribution >= 4 is 17.4 Å². The van der Waals surface area contributed by atoms with E-state index in [0.717, 1.165) is 22.3 Å². The number of carbonyl (C=O) groups excluding carboxylic acids is 2. The molecule has 2 aromatic rings. The summed E-state index contributed by atoms with van der Waals surface area (Å²) in [6, 6.07) is 12.9. The fourth-order valence-electron chi connectivity index (χ4n) is 3.65. The monoisotopic (exact) mass is 392 g/mol. The summed E-state index contributed by atoms with van der Waals surface area (Å²) in [7, 11) is 3.85. The third-order valence-electron chi connectivity index (χ3n) is 5.37. The van der Waals surface area contributed by atoms with Crippen molar-refractivity contribution in [1.82, 2.24) is 9.80 Å². The molecule has 0 radical (unpaired) electrons. The van der Waals surface area contributed by atoms with Crippen molar-refractivity contribution in [3.8, 4) is 0 Å². The number of rotatable bonds is 5. The summed E-state index contributed by atoms with van der Waals surface area (Å²) in [5.41, 5.74) is 4.49. The molecular weight excluding hydrogens is 364 g/mol. The van der Waals surface area contributed by atoms with Crippen LogP contribution >= 0.6 is 0 Å². The van der Waals surface area contributed by atoms with Gasteiger partial charge < -0.3 is 14.9 Å². The molecule has 1 aliphatic rings. The average Bonchev–Trinajstić information content (AvgIpc) is 2.93. The van der Waals surface area contributed by atoms with Gasteiger partial charge in [0.15, 0.2) is 0 Å². The minimum Gasteiger partial charge on any atom is -0.507 e. The van der Waals surface area contributed by atoms with Gasteiger partial charge in [-0.15, -0.1) is 0 Å². The first-order valence-corrected chi connectivity index (χ1v) is 9.78. The van der Waals surface area contributed by atoms with Gasteiger partial charge in [0.2, 0.25) is 0 Å². The van der Waals surface area contributed by atoms with Gasteiger partial charge in [-0.2, -0.15) is 0 Å². The highest BCUT2D eigenvalue weighted by molar-refractivity contribution is 6.46. The number of likely N-dealkylation sites (N-methyl/N-ethyl adjacent to an activating group) is 1. The van der Waals surface area contributed by atoms with Crippen molar-refractivity contribution < 1.29 is 14.7 Å². The van der Waals surface area contributed by atoms with E-state index >= 15 is 0 Å². The van der Waals surface area contributed by atoms with Gasteiger partial charge in [0, 0.05) is 18.7 Å². The molecule has 1 saturated heterocycles. The van der Waals surface area contributed by atoms with Crippen LogP contribution in [0.25, 0.3) is 5.76 Å². The lowest BCUT2D eigenvalue weighted by molar-refractivity contribution is -0.140. The maximum absolute atomic E-state index is 13.0. The Labute approximate surface area is 172 Å². The topological polar surface area (TPSA) is 60.9 Å². The van der Waals surface area contributed by atoms with Crippen LogP contribution in [0.15, 0.2) is 48.0 Å². The highest BCUT2D eigenvalue weighted by Crippen LogP contribution is 2.39. The van der Waals surface area contributed by atoms with E-state index in [1.807, 2.05) is 82.2 Å². The summed E-state index contributed by atoms with van der Waals surface area (Å²) in [6.07, 6.45) is 0. The molecule has 2 aromatic carbocycles. The van der Waals surface area contributed by atoms with E-state index in [0.29, 0.717) is 18.7 Å². The van der Waals surface area contributed by atoms with Gasteiger partial charge in [-0.3, -0.25) is 9.59 Å². The standard InChI is InChI=1S/C24H28N2O3/c1-15-7-10-18(11-8-15)21-20(22(27)19-14-16(2)6-9-17(19)3)23(28)24(29)26(21)13-12-25(4)5/h6-11,14,21,27H,12-13H2,1-5H3. The third kappa shape index (κ3) is 4.10. The largest absolute Gasteiger partial charge is 0.507 e. The summed E-state index contributed by atoms with van der Waals surface area (Å²) in [4.78, 5) is 29.4. The van der Waals surface area contributed by atoms with Crippen LogP contribution in [0, 0.1) is 20.8 Å². The van der Waals surface area contributed by atoms with E-state index in [1.54, 1.807) is 4.90 Å². The van der Waals surface area contributed by atoms with E-state index in [9.17, 15) is 14.7 Å². The Balaban J connectivity index is 2.19. The number of amides is 1. The third-order valence-corrected chi connectivity index (χ3v) is 5.37. The minimum atomic E-state index is -0.632. The van der Waals surface area contributed by atoms with Crippen molar-refractivity contribution in [2.45, 2.75) is 26.8 Å². The van der Waals surface area contributed by atoms with Crippen LogP contribution in [0.4, 0.5) is 0 Å². The Morgan fingerprint density at radius 3 is 2.24 bits per heavy atom. The Morgan fingerprint density at radius 2 is 1.62 bits per heavy atom. The number of aliphatic hydroxyl groups is 1. The highest BCUT2D eigenvalue weighted by atomic mass is 16.3. The molecule has 152 valence electrons. The number of nitrogens with zero attached hydrogens (tertiary/aromatic N) is 2. The number of Topliss-reactive ketones (excluding diaryl/α,β-unsaturated/α-hetero) is 1. The van der Waals surface area contributed by atoms with Crippen LogP contribution < -0.4 is 0 Å². The normalized spacial score (nSPS) is 18.7. The number of aliphatic hydroxyl groups excluding tert-OH is 1. The van der Waals surface area contributed by atoms with Crippen LogP contribution in [0.2, 0.25) is 0 Å². The van der Waals surface area contributed by atoms with Gasteiger partial charge in [-0.1, -0.05) is 47.5 Å². The van der Waals surface area contributed by atoms with Crippen LogP contribution in [0.5, 0.6) is 0 Å². The predicted octanol–water partition coefficient (Wildman–Crippen LogP) is 3.60. The van der Waals surface area contributed by atoms with Crippen LogP contribution in [0.1, 0.15) is 33.9 Å². The summed E-state index contributed by atoms with van der Waals surface area (Å²) < 4.78 is 0. The predicted molar refractivity (Wildman–Crippen MR) is 115 cm³/mol. The second-order valence-electron chi connectivity index (χ2n) is 8.02. The second-order valence-corrected chi connectivity index (χ2v) is 8.02. The molecule has 0 bridgehead atoms. The van der Waals surface area contributed by atoms with Crippen molar-refractivity contribution in [3.63, 3.8) is 0 Å². The lowest BCUT2D eigenvalue weighted by Gasteiger charge is -2.26. The lowest BCUT2D eigenvalue weighted by atomic mass is 9.93. The molecule has 0 saturated carbocycles. The lowest BCUT2D eigenvalue weighted by Crippen LogP contribution is -2.35. The van der Waals surface area contributed by atoms with E-state index < -0.39 is 17.7 Å². The number of ketones is 1. The first-order chi connectivity index (χ1) is 13.7.